The molecule has 0 fully saturated rings. The van der Waals surface area contributed by atoms with Crippen LogP contribution in [-0.4, -0.2) is 31.0 Å². The van der Waals surface area contributed by atoms with Gasteiger partial charge >= 0.3 is 0 Å². The van der Waals surface area contributed by atoms with E-state index in [1.807, 2.05) is 55.5 Å². The number of allylic oxidation sites excluding steroid dienone is 1. The van der Waals surface area contributed by atoms with Crippen LogP contribution in [-0.2, 0) is 4.79 Å². The van der Waals surface area contributed by atoms with Crippen LogP contribution in [0.5, 0.6) is 11.5 Å². The molecular weight excluding hydrogens is 398 g/mol. The van der Waals surface area contributed by atoms with E-state index in [2.05, 4.69) is 17.2 Å². The Balaban J connectivity index is 2.03. The highest BCUT2D eigenvalue weighted by Crippen LogP contribution is 2.39. The fourth-order valence-electron chi connectivity index (χ4n) is 3.14. The van der Waals surface area contributed by atoms with Crippen molar-refractivity contribution in [2.75, 3.05) is 25.3 Å². The predicted octanol–water partition coefficient (Wildman–Crippen LogP) is 4.54. The van der Waals surface area contributed by atoms with E-state index in [-0.39, 0.29) is 5.91 Å². The van der Waals surface area contributed by atoms with Gasteiger partial charge in [-0.05, 0) is 31.2 Å². The molecule has 3 rings (SSSR count). The van der Waals surface area contributed by atoms with Gasteiger partial charge in [0.15, 0.2) is 5.17 Å². The number of thioether (sulfide) groups is 1. The summed E-state index contributed by atoms with van der Waals surface area (Å²) in [5, 5.41) is 6.94. The van der Waals surface area contributed by atoms with Crippen LogP contribution in [0.1, 0.15) is 18.5 Å². The maximum Gasteiger partial charge on any atom is 0.255 e. The van der Waals surface area contributed by atoms with E-state index in [1.54, 1.807) is 20.3 Å². The first-order valence-corrected chi connectivity index (χ1v) is 10.4. The van der Waals surface area contributed by atoms with Crippen LogP contribution in [0.3, 0.4) is 0 Å². The number of nitrogens with zero attached hydrogens (tertiary/aromatic N) is 1. The van der Waals surface area contributed by atoms with Crippen LogP contribution in [0.25, 0.3) is 0 Å². The first kappa shape index (κ1) is 21.5. The first-order chi connectivity index (χ1) is 14.6. The smallest absolute Gasteiger partial charge is 0.255 e. The molecule has 2 aromatic carbocycles. The summed E-state index contributed by atoms with van der Waals surface area (Å²) in [5.41, 5.74) is 2.78. The fourth-order valence-corrected chi connectivity index (χ4v) is 3.82. The zero-order valence-electron chi connectivity index (χ0n) is 17.3. The van der Waals surface area contributed by atoms with Crippen molar-refractivity contribution in [1.82, 2.24) is 5.32 Å². The third kappa shape index (κ3) is 4.86. The van der Waals surface area contributed by atoms with E-state index in [9.17, 15) is 4.79 Å². The molecule has 1 atom stereocenters. The fraction of sp³-hybridized carbons (Fsp3) is 0.217. The number of para-hydroxylation sites is 1. The summed E-state index contributed by atoms with van der Waals surface area (Å²) in [5.74, 6) is 1.77. The molecule has 7 heteroatoms. The second-order valence-electron chi connectivity index (χ2n) is 6.53. The maximum absolute atomic E-state index is 13.2. The minimum Gasteiger partial charge on any atom is -0.497 e. The molecule has 0 aliphatic carbocycles. The molecule has 1 amide bonds. The zero-order valence-corrected chi connectivity index (χ0v) is 18.1. The highest BCUT2D eigenvalue weighted by molar-refractivity contribution is 8.13. The molecule has 0 unspecified atom stereocenters. The van der Waals surface area contributed by atoms with E-state index in [4.69, 9.17) is 14.5 Å². The highest BCUT2D eigenvalue weighted by Gasteiger charge is 2.31. The van der Waals surface area contributed by atoms with Crippen LogP contribution in [0.4, 0.5) is 5.69 Å². The lowest BCUT2D eigenvalue weighted by molar-refractivity contribution is -0.113. The number of benzene rings is 2. The number of hydrogen-bond donors (Lipinski definition) is 2. The molecule has 0 bridgehead atoms. The summed E-state index contributed by atoms with van der Waals surface area (Å²) in [4.78, 5) is 18.1. The van der Waals surface area contributed by atoms with Crippen molar-refractivity contribution in [3.63, 3.8) is 0 Å². The first-order valence-electron chi connectivity index (χ1n) is 9.45. The molecule has 1 aliphatic heterocycles. The second-order valence-corrected chi connectivity index (χ2v) is 7.54. The summed E-state index contributed by atoms with van der Waals surface area (Å²) in [6.45, 7) is 5.65. The number of carbonyl (C=O) groups excluding carboxylic acids is 1. The Morgan fingerprint density at radius 2 is 2.00 bits per heavy atom. The van der Waals surface area contributed by atoms with Gasteiger partial charge in [0.25, 0.3) is 5.91 Å². The molecule has 2 N–H and O–H groups in total. The lowest BCUT2D eigenvalue weighted by Gasteiger charge is -2.27. The lowest BCUT2D eigenvalue weighted by atomic mass is 9.95. The molecular formula is C23H25N3O3S. The van der Waals surface area contributed by atoms with Crippen molar-refractivity contribution in [3.8, 4) is 11.5 Å². The third-order valence-corrected chi connectivity index (χ3v) is 5.45. The van der Waals surface area contributed by atoms with Gasteiger partial charge in [-0.3, -0.25) is 4.79 Å². The summed E-state index contributed by atoms with van der Waals surface area (Å²) in [6.07, 6.45) is 1.81. The Labute approximate surface area is 181 Å². The largest absolute Gasteiger partial charge is 0.497 e. The van der Waals surface area contributed by atoms with Crippen molar-refractivity contribution < 1.29 is 14.3 Å². The molecule has 0 radical (unpaired) electrons. The average molecular weight is 424 g/mol. The van der Waals surface area contributed by atoms with Crippen LogP contribution in [0.2, 0.25) is 0 Å². The van der Waals surface area contributed by atoms with Crippen molar-refractivity contribution in [2.45, 2.75) is 13.0 Å². The van der Waals surface area contributed by atoms with Crippen LogP contribution in [0, 0.1) is 0 Å². The monoisotopic (exact) mass is 423 g/mol. The van der Waals surface area contributed by atoms with Crippen LogP contribution in [0.15, 0.2) is 77.4 Å². The summed E-state index contributed by atoms with van der Waals surface area (Å²) >= 11 is 1.53. The van der Waals surface area contributed by atoms with E-state index < -0.39 is 6.04 Å². The highest BCUT2D eigenvalue weighted by atomic mass is 32.2. The minimum absolute atomic E-state index is 0.217. The number of amidine groups is 1. The Morgan fingerprint density at radius 3 is 2.67 bits per heavy atom. The van der Waals surface area contributed by atoms with E-state index in [0.29, 0.717) is 22.8 Å². The second kappa shape index (κ2) is 10.0. The minimum atomic E-state index is -0.525. The number of hydrogen-bond acceptors (Lipinski definition) is 6. The maximum atomic E-state index is 13.2. The Hall–Kier alpha value is -3.19. The summed E-state index contributed by atoms with van der Waals surface area (Å²) in [7, 11) is 3.20. The number of anilines is 1. The van der Waals surface area contributed by atoms with Crippen molar-refractivity contribution in [2.24, 2.45) is 4.99 Å². The van der Waals surface area contributed by atoms with Gasteiger partial charge in [-0.2, -0.15) is 0 Å². The number of methoxy groups -OCH3 is 2. The molecule has 0 saturated heterocycles. The van der Waals surface area contributed by atoms with Gasteiger partial charge in [0.2, 0.25) is 0 Å². The molecule has 156 valence electrons. The van der Waals surface area contributed by atoms with Gasteiger partial charge in [-0.25, -0.2) is 4.99 Å². The molecule has 2 aromatic rings. The molecule has 0 saturated carbocycles. The van der Waals surface area contributed by atoms with Gasteiger partial charge in [0.1, 0.15) is 17.5 Å². The number of nitrogens with one attached hydrogen (secondary N) is 2. The summed E-state index contributed by atoms with van der Waals surface area (Å²) < 4.78 is 10.9. The van der Waals surface area contributed by atoms with Crippen LogP contribution >= 0.6 is 11.8 Å². The number of rotatable bonds is 7. The van der Waals surface area contributed by atoms with Crippen molar-refractivity contribution >= 4 is 28.5 Å². The Bertz CT molecular complexity index is 986. The van der Waals surface area contributed by atoms with Crippen molar-refractivity contribution in [1.29, 1.82) is 0 Å². The Morgan fingerprint density at radius 1 is 1.23 bits per heavy atom. The molecule has 0 spiro atoms. The topological polar surface area (TPSA) is 72.0 Å². The van der Waals surface area contributed by atoms with Gasteiger partial charge in [0.05, 0.1) is 19.8 Å². The molecule has 1 aliphatic rings. The zero-order chi connectivity index (χ0) is 21.5. The number of amides is 1. The van der Waals surface area contributed by atoms with Crippen LogP contribution < -0.4 is 20.1 Å². The Kier molecular flexibility index (Phi) is 7.19. The normalized spacial score (nSPS) is 15.7. The molecule has 1 heterocycles. The van der Waals surface area contributed by atoms with Gasteiger partial charge in [-0.1, -0.05) is 36.0 Å². The molecule has 6 nitrogen and oxygen atoms in total. The molecule has 30 heavy (non-hydrogen) atoms. The van der Waals surface area contributed by atoms with E-state index in [1.165, 1.54) is 11.8 Å². The van der Waals surface area contributed by atoms with Gasteiger partial charge < -0.3 is 20.1 Å². The van der Waals surface area contributed by atoms with E-state index in [0.717, 1.165) is 22.1 Å². The van der Waals surface area contributed by atoms with Gasteiger partial charge in [-0.15, -0.1) is 6.58 Å². The third-order valence-electron chi connectivity index (χ3n) is 4.57. The number of carbonyl (C=O) groups is 1. The SMILES string of the molecule is C=CCSC1=N[C@H](c2ccc(OC)cc2OC)C(C(=O)Nc2ccccc2)=C(C)N1. The number of ether oxygens (including phenoxy) is 2. The average Bonchev–Trinajstić information content (AvgIpc) is 2.77. The quantitative estimate of drug-likeness (QED) is 0.640. The van der Waals surface area contributed by atoms with Crippen molar-refractivity contribution in [3.05, 3.63) is 78.0 Å². The lowest BCUT2D eigenvalue weighted by Crippen LogP contribution is -2.32. The van der Waals surface area contributed by atoms with E-state index >= 15 is 0 Å². The van der Waals surface area contributed by atoms with Gasteiger partial charge in [0, 0.05) is 28.8 Å². The summed E-state index contributed by atoms with van der Waals surface area (Å²) in [6, 6.07) is 14.4. The number of aliphatic imine (C=N–C) groups is 1. The standard InChI is InChI=1S/C23H25N3O3S/c1-5-13-30-23-24-15(2)20(22(27)25-16-9-7-6-8-10-16)21(26-23)18-12-11-17(28-3)14-19(18)29-4/h5-12,14,21H,1,13H2,2-4H3,(H,24,26)(H,25,27)/t21-/m1/s1. The molecule has 0 aromatic heterocycles. The predicted molar refractivity (Wildman–Crippen MR) is 123 cm³/mol.